The van der Waals surface area contributed by atoms with Gasteiger partial charge in [-0.3, -0.25) is 4.98 Å². The van der Waals surface area contributed by atoms with E-state index in [1.54, 1.807) is 24.5 Å². The predicted molar refractivity (Wildman–Crippen MR) is 96.7 cm³/mol. The Balaban J connectivity index is 1.78. The average molecular weight is 333 g/mol. The van der Waals surface area contributed by atoms with Gasteiger partial charge in [0.2, 0.25) is 0 Å². The lowest BCUT2D eigenvalue weighted by Crippen LogP contribution is -2.29. The summed E-state index contributed by atoms with van der Waals surface area (Å²) in [6.07, 6.45) is 6.01. The molecule has 0 saturated heterocycles. The molecular formula is C19H19N5O. The summed E-state index contributed by atoms with van der Waals surface area (Å²) in [5.74, 6) is 1.69. The summed E-state index contributed by atoms with van der Waals surface area (Å²) in [6.45, 7) is 0. The molecule has 0 bridgehead atoms. The third-order valence-corrected chi connectivity index (χ3v) is 4.38. The number of rotatable bonds is 3. The van der Waals surface area contributed by atoms with E-state index in [4.69, 9.17) is 15.7 Å². The van der Waals surface area contributed by atoms with Crippen LogP contribution in [0.3, 0.4) is 0 Å². The number of hydrogen-bond donors (Lipinski definition) is 3. The lowest BCUT2D eigenvalue weighted by Gasteiger charge is -2.24. The molecule has 1 aromatic carbocycles. The lowest BCUT2D eigenvalue weighted by molar-refractivity contribution is 0.475. The summed E-state index contributed by atoms with van der Waals surface area (Å²) in [5, 5.41) is 12.8. The van der Waals surface area contributed by atoms with E-state index >= 15 is 0 Å². The van der Waals surface area contributed by atoms with Gasteiger partial charge < -0.3 is 16.2 Å². The number of fused-ring (bicyclic) bond motifs is 1. The van der Waals surface area contributed by atoms with Gasteiger partial charge >= 0.3 is 0 Å². The molecule has 6 heteroatoms. The van der Waals surface area contributed by atoms with Gasteiger partial charge in [-0.25, -0.2) is 9.97 Å². The monoisotopic (exact) mass is 333 g/mol. The quantitative estimate of drug-likeness (QED) is 0.638. The second kappa shape index (κ2) is 6.49. The van der Waals surface area contributed by atoms with Gasteiger partial charge in [-0.1, -0.05) is 0 Å². The first-order valence-electron chi connectivity index (χ1n) is 8.31. The normalized spacial score (nSPS) is 16.3. The number of nitrogens with two attached hydrogens (primary N) is 1. The summed E-state index contributed by atoms with van der Waals surface area (Å²) >= 11 is 0. The summed E-state index contributed by atoms with van der Waals surface area (Å²) in [7, 11) is 0. The molecule has 3 aromatic rings. The molecule has 126 valence electrons. The van der Waals surface area contributed by atoms with Gasteiger partial charge in [0.25, 0.3) is 0 Å². The Hall–Kier alpha value is -2.99. The molecule has 1 atom stereocenters. The minimum Gasteiger partial charge on any atom is -0.508 e. The minimum atomic E-state index is 0.128. The standard InChI is InChI=1S/C19H19N5O/c20-13-1-6-17-16(11-13)19(22-14-2-4-15(25)5-3-14)24-18(23-17)12-7-9-21-10-8-12/h2-5,7-10,13,25H,1,6,11,20H2,(H,22,23,24). The van der Waals surface area contributed by atoms with E-state index < -0.39 is 0 Å². The summed E-state index contributed by atoms with van der Waals surface area (Å²) in [5.41, 5.74) is 10.1. The maximum absolute atomic E-state index is 9.47. The van der Waals surface area contributed by atoms with Crippen molar-refractivity contribution in [2.75, 3.05) is 5.32 Å². The number of hydrogen-bond acceptors (Lipinski definition) is 6. The van der Waals surface area contributed by atoms with Crippen molar-refractivity contribution in [1.82, 2.24) is 15.0 Å². The number of nitrogens with zero attached hydrogens (tertiary/aromatic N) is 3. The number of aryl methyl sites for hydroxylation is 1. The average Bonchev–Trinajstić information content (AvgIpc) is 2.64. The van der Waals surface area contributed by atoms with E-state index in [9.17, 15) is 5.11 Å². The molecule has 1 aliphatic rings. The van der Waals surface area contributed by atoms with Crippen LogP contribution in [0.4, 0.5) is 11.5 Å². The van der Waals surface area contributed by atoms with Crippen LogP contribution in [0, 0.1) is 0 Å². The van der Waals surface area contributed by atoms with Crippen molar-refractivity contribution >= 4 is 11.5 Å². The fourth-order valence-corrected chi connectivity index (χ4v) is 3.05. The molecule has 0 saturated carbocycles. The lowest BCUT2D eigenvalue weighted by atomic mass is 9.92. The van der Waals surface area contributed by atoms with E-state index in [1.165, 1.54) is 0 Å². The smallest absolute Gasteiger partial charge is 0.161 e. The first-order valence-corrected chi connectivity index (χ1v) is 8.31. The molecule has 0 aliphatic heterocycles. The van der Waals surface area contributed by atoms with Gasteiger partial charge in [0.1, 0.15) is 11.6 Å². The Labute approximate surface area is 145 Å². The van der Waals surface area contributed by atoms with Crippen LogP contribution < -0.4 is 11.1 Å². The van der Waals surface area contributed by atoms with E-state index in [0.29, 0.717) is 5.82 Å². The van der Waals surface area contributed by atoms with Crippen LogP contribution in [-0.2, 0) is 12.8 Å². The van der Waals surface area contributed by atoms with Gasteiger partial charge in [-0.15, -0.1) is 0 Å². The molecule has 4 N–H and O–H groups in total. The maximum atomic E-state index is 9.47. The number of pyridine rings is 1. The molecule has 2 aromatic heterocycles. The first-order chi connectivity index (χ1) is 12.2. The molecule has 0 radical (unpaired) electrons. The van der Waals surface area contributed by atoms with Gasteiger partial charge in [-0.2, -0.15) is 0 Å². The Morgan fingerprint density at radius 1 is 1.04 bits per heavy atom. The summed E-state index contributed by atoms with van der Waals surface area (Å²) in [6, 6.07) is 10.9. The highest BCUT2D eigenvalue weighted by Gasteiger charge is 2.22. The molecule has 2 heterocycles. The SMILES string of the molecule is NC1CCc2nc(-c3ccncc3)nc(Nc3ccc(O)cc3)c2C1. The van der Waals surface area contributed by atoms with Crippen molar-refractivity contribution in [3.63, 3.8) is 0 Å². The molecule has 1 unspecified atom stereocenters. The fraction of sp³-hybridized carbons (Fsp3) is 0.211. The van der Waals surface area contributed by atoms with Crippen molar-refractivity contribution in [3.8, 4) is 17.1 Å². The second-order valence-electron chi connectivity index (χ2n) is 6.23. The molecule has 1 aliphatic carbocycles. The summed E-state index contributed by atoms with van der Waals surface area (Å²) in [4.78, 5) is 13.6. The van der Waals surface area contributed by atoms with Crippen molar-refractivity contribution in [2.45, 2.75) is 25.3 Å². The van der Waals surface area contributed by atoms with E-state index in [1.807, 2.05) is 24.3 Å². The van der Waals surface area contributed by atoms with Gasteiger partial charge in [-0.05, 0) is 55.7 Å². The number of phenols is 1. The topological polar surface area (TPSA) is 97.0 Å². The fourth-order valence-electron chi connectivity index (χ4n) is 3.05. The number of anilines is 2. The van der Waals surface area contributed by atoms with Crippen molar-refractivity contribution in [1.29, 1.82) is 0 Å². The Morgan fingerprint density at radius 2 is 1.80 bits per heavy atom. The van der Waals surface area contributed by atoms with Crippen LogP contribution in [0.5, 0.6) is 5.75 Å². The van der Waals surface area contributed by atoms with Crippen molar-refractivity contribution < 1.29 is 5.11 Å². The Kier molecular flexibility index (Phi) is 4.03. The molecule has 0 fully saturated rings. The highest BCUT2D eigenvalue weighted by Crippen LogP contribution is 2.30. The van der Waals surface area contributed by atoms with Gasteiger partial charge in [0.05, 0.1) is 0 Å². The molecule has 0 spiro atoms. The number of phenolic OH excluding ortho intramolecular Hbond substituents is 1. The van der Waals surface area contributed by atoms with Crippen molar-refractivity contribution in [2.24, 2.45) is 5.73 Å². The molecule has 25 heavy (non-hydrogen) atoms. The maximum Gasteiger partial charge on any atom is 0.161 e. The number of nitrogens with one attached hydrogen (secondary N) is 1. The van der Waals surface area contributed by atoms with Crippen LogP contribution in [0.25, 0.3) is 11.4 Å². The van der Waals surface area contributed by atoms with Crippen LogP contribution >= 0.6 is 0 Å². The largest absolute Gasteiger partial charge is 0.508 e. The zero-order valence-electron chi connectivity index (χ0n) is 13.7. The predicted octanol–water partition coefficient (Wildman–Crippen LogP) is 2.80. The number of benzene rings is 1. The van der Waals surface area contributed by atoms with E-state index in [-0.39, 0.29) is 11.8 Å². The minimum absolute atomic E-state index is 0.128. The Morgan fingerprint density at radius 3 is 2.56 bits per heavy atom. The molecular weight excluding hydrogens is 314 g/mol. The molecule has 6 nitrogen and oxygen atoms in total. The Bertz CT molecular complexity index is 880. The van der Waals surface area contributed by atoms with Crippen LogP contribution in [0.1, 0.15) is 17.7 Å². The third kappa shape index (κ3) is 3.29. The van der Waals surface area contributed by atoms with E-state index in [2.05, 4.69) is 10.3 Å². The number of aromatic nitrogens is 3. The second-order valence-corrected chi connectivity index (χ2v) is 6.23. The van der Waals surface area contributed by atoms with Crippen LogP contribution in [0.15, 0.2) is 48.8 Å². The molecule has 0 amide bonds. The zero-order valence-corrected chi connectivity index (χ0v) is 13.7. The van der Waals surface area contributed by atoms with Crippen LogP contribution in [0.2, 0.25) is 0 Å². The van der Waals surface area contributed by atoms with Gasteiger partial charge in [0, 0.05) is 40.9 Å². The van der Waals surface area contributed by atoms with Crippen molar-refractivity contribution in [3.05, 3.63) is 60.0 Å². The summed E-state index contributed by atoms with van der Waals surface area (Å²) < 4.78 is 0. The van der Waals surface area contributed by atoms with E-state index in [0.717, 1.165) is 47.6 Å². The molecule has 4 rings (SSSR count). The van der Waals surface area contributed by atoms with Gasteiger partial charge in [0.15, 0.2) is 5.82 Å². The zero-order chi connectivity index (χ0) is 17.2. The van der Waals surface area contributed by atoms with Crippen LogP contribution in [-0.4, -0.2) is 26.1 Å². The first kappa shape index (κ1) is 15.5. The third-order valence-electron chi connectivity index (χ3n) is 4.38. The highest BCUT2D eigenvalue weighted by atomic mass is 16.3. The number of aromatic hydroxyl groups is 1. The highest BCUT2D eigenvalue weighted by molar-refractivity contribution is 5.65.